The second-order valence-corrected chi connectivity index (χ2v) is 6.86. The van der Waals surface area contributed by atoms with E-state index in [9.17, 15) is 0 Å². The van der Waals surface area contributed by atoms with Crippen molar-refractivity contribution in [3.05, 3.63) is 84.2 Å². The highest BCUT2D eigenvalue weighted by molar-refractivity contribution is 7.09. The molecule has 4 aromatic rings. The maximum Gasteiger partial charge on any atom is 0.203 e. The molecule has 0 aliphatic heterocycles. The summed E-state index contributed by atoms with van der Waals surface area (Å²) >= 11 is 1.38. The molecule has 2 aromatic heterocycles. The normalized spacial score (nSPS) is 12.0. The van der Waals surface area contributed by atoms with E-state index in [1.807, 2.05) is 59.4 Å². The summed E-state index contributed by atoms with van der Waals surface area (Å²) in [5.74, 6) is 0.755. The van der Waals surface area contributed by atoms with E-state index >= 15 is 0 Å². The Kier molecular flexibility index (Phi) is 4.75. The lowest BCUT2D eigenvalue weighted by molar-refractivity contribution is 0.685. The third kappa shape index (κ3) is 3.81. The molecule has 0 amide bonds. The summed E-state index contributed by atoms with van der Waals surface area (Å²) in [6.45, 7) is 2.87. The molecule has 0 fully saturated rings. The quantitative estimate of drug-likeness (QED) is 0.544. The number of benzene rings is 2. The van der Waals surface area contributed by atoms with Gasteiger partial charge >= 0.3 is 0 Å². The van der Waals surface area contributed by atoms with Crippen LogP contribution < -0.4 is 5.32 Å². The number of anilines is 1. The molecule has 0 spiro atoms. The van der Waals surface area contributed by atoms with Crippen LogP contribution in [0, 0.1) is 0 Å². The molecule has 6 heteroatoms. The lowest BCUT2D eigenvalue weighted by atomic mass is 10.2. The summed E-state index contributed by atoms with van der Waals surface area (Å²) in [7, 11) is 0. The van der Waals surface area contributed by atoms with Gasteiger partial charge in [-0.3, -0.25) is 4.68 Å². The minimum Gasteiger partial charge on any atom is -0.354 e. The summed E-state index contributed by atoms with van der Waals surface area (Å²) in [4.78, 5) is 4.59. The van der Waals surface area contributed by atoms with Crippen LogP contribution in [0.1, 0.15) is 24.1 Å². The van der Waals surface area contributed by atoms with E-state index < -0.39 is 0 Å². The topological polar surface area (TPSA) is 55.6 Å². The number of rotatable bonds is 6. The molecule has 0 bridgehead atoms. The minimum atomic E-state index is 0.107. The summed E-state index contributed by atoms with van der Waals surface area (Å²) in [5, 5.41) is 8.70. The zero-order valence-corrected chi connectivity index (χ0v) is 15.2. The van der Waals surface area contributed by atoms with Crippen LogP contribution in [0.4, 0.5) is 5.13 Å². The Labute approximate surface area is 156 Å². The maximum atomic E-state index is 4.59. The molecule has 0 radical (unpaired) electrons. The highest BCUT2D eigenvalue weighted by Crippen LogP contribution is 2.24. The second-order valence-electron chi connectivity index (χ2n) is 6.11. The van der Waals surface area contributed by atoms with Crippen molar-refractivity contribution in [3.8, 4) is 11.4 Å². The molecule has 4 rings (SSSR count). The van der Waals surface area contributed by atoms with Crippen molar-refractivity contribution in [2.24, 2.45) is 0 Å². The Bertz CT molecular complexity index is 962. The second kappa shape index (κ2) is 7.49. The van der Waals surface area contributed by atoms with Gasteiger partial charge in [0.1, 0.15) is 0 Å². The van der Waals surface area contributed by atoms with Gasteiger partial charge in [-0.1, -0.05) is 60.7 Å². The molecule has 1 N–H and O–H groups in total. The van der Waals surface area contributed by atoms with Gasteiger partial charge in [-0.2, -0.15) is 14.5 Å². The van der Waals surface area contributed by atoms with E-state index in [2.05, 4.69) is 45.0 Å². The molecule has 1 unspecified atom stereocenters. The summed E-state index contributed by atoms with van der Waals surface area (Å²) in [6.07, 6.45) is 3.98. The lowest BCUT2D eigenvalue weighted by Gasteiger charge is -2.09. The van der Waals surface area contributed by atoms with Crippen LogP contribution in [0.3, 0.4) is 0 Å². The number of nitrogens with one attached hydrogen (secondary N) is 1. The summed E-state index contributed by atoms with van der Waals surface area (Å²) in [5.41, 5.74) is 3.39. The van der Waals surface area contributed by atoms with Gasteiger partial charge < -0.3 is 5.32 Å². The van der Waals surface area contributed by atoms with E-state index in [4.69, 9.17) is 0 Å². The molecule has 5 nitrogen and oxygen atoms in total. The van der Waals surface area contributed by atoms with Crippen LogP contribution in [0.2, 0.25) is 0 Å². The van der Waals surface area contributed by atoms with E-state index in [0.717, 1.165) is 28.6 Å². The molecular weight excluding hydrogens is 342 g/mol. The van der Waals surface area contributed by atoms with Crippen molar-refractivity contribution in [3.63, 3.8) is 0 Å². The Balaban J connectivity index is 1.42. The van der Waals surface area contributed by atoms with Crippen LogP contribution in [0.15, 0.2) is 73.1 Å². The van der Waals surface area contributed by atoms with Gasteiger partial charge in [0.05, 0.1) is 18.8 Å². The first-order valence-corrected chi connectivity index (χ1v) is 9.27. The van der Waals surface area contributed by atoms with Gasteiger partial charge in [-0.25, -0.2) is 0 Å². The summed E-state index contributed by atoms with van der Waals surface area (Å²) in [6, 6.07) is 20.4. The number of hydrogen-bond acceptors (Lipinski definition) is 5. The third-order valence-electron chi connectivity index (χ3n) is 4.14. The van der Waals surface area contributed by atoms with Crippen molar-refractivity contribution in [1.29, 1.82) is 0 Å². The molecule has 2 aromatic carbocycles. The van der Waals surface area contributed by atoms with Crippen LogP contribution in [0.5, 0.6) is 0 Å². The van der Waals surface area contributed by atoms with Gasteiger partial charge in [0.2, 0.25) is 5.13 Å². The summed E-state index contributed by atoms with van der Waals surface area (Å²) < 4.78 is 6.40. The van der Waals surface area contributed by atoms with E-state index in [1.165, 1.54) is 17.1 Å². The average molecular weight is 361 g/mol. The van der Waals surface area contributed by atoms with Gasteiger partial charge in [0, 0.05) is 28.9 Å². The van der Waals surface area contributed by atoms with Gasteiger partial charge in [0.25, 0.3) is 0 Å². The number of nitrogens with zero attached hydrogens (tertiary/aromatic N) is 4. The Morgan fingerprint density at radius 2 is 1.77 bits per heavy atom. The monoisotopic (exact) mass is 361 g/mol. The fourth-order valence-electron chi connectivity index (χ4n) is 2.72. The zero-order chi connectivity index (χ0) is 17.8. The minimum absolute atomic E-state index is 0.107. The Morgan fingerprint density at radius 3 is 2.54 bits per heavy atom. The van der Waals surface area contributed by atoms with E-state index in [0.29, 0.717) is 0 Å². The molecule has 130 valence electrons. The number of aromatic nitrogens is 4. The predicted molar refractivity (Wildman–Crippen MR) is 105 cm³/mol. The molecule has 0 saturated carbocycles. The fourth-order valence-corrected chi connectivity index (χ4v) is 3.39. The largest absolute Gasteiger partial charge is 0.354 e. The lowest BCUT2D eigenvalue weighted by Crippen LogP contribution is -2.05. The van der Waals surface area contributed by atoms with Crippen molar-refractivity contribution < 1.29 is 0 Å². The highest BCUT2D eigenvalue weighted by Gasteiger charge is 2.12. The first kappa shape index (κ1) is 16.5. The molecule has 2 heterocycles. The first-order chi connectivity index (χ1) is 12.8. The van der Waals surface area contributed by atoms with Crippen LogP contribution in [-0.4, -0.2) is 19.1 Å². The van der Waals surface area contributed by atoms with Crippen LogP contribution in [0.25, 0.3) is 11.4 Å². The highest BCUT2D eigenvalue weighted by atomic mass is 32.1. The molecule has 1 atom stereocenters. The smallest absolute Gasteiger partial charge is 0.203 e. The fraction of sp³-hybridized carbons (Fsp3) is 0.150. The zero-order valence-electron chi connectivity index (χ0n) is 14.4. The average Bonchev–Trinajstić information content (AvgIpc) is 3.33. The van der Waals surface area contributed by atoms with E-state index in [-0.39, 0.29) is 6.04 Å². The van der Waals surface area contributed by atoms with E-state index in [1.54, 1.807) is 0 Å². The van der Waals surface area contributed by atoms with Gasteiger partial charge in [0.15, 0.2) is 5.82 Å². The predicted octanol–water partition coefficient (Wildman–Crippen LogP) is 4.62. The maximum absolute atomic E-state index is 4.59. The SMILES string of the molecule is CC(Nc1nc(-c2ccccc2)ns1)c1cnn(Cc2ccccc2)c1. The van der Waals surface area contributed by atoms with Gasteiger partial charge in [-0.05, 0) is 12.5 Å². The Morgan fingerprint density at radius 1 is 1.04 bits per heavy atom. The molecule has 0 aliphatic carbocycles. The molecular formula is C20H19N5S. The van der Waals surface area contributed by atoms with Crippen molar-refractivity contribution >= 4 is 16.7 Å². The molecule has 0 saturated heterocycles. The van der Waals surface area contributed by atoms with Crippen molar-refractivity contribution in [1.82, 2.24) is 19.1 Å². The third-order valence-corrected chi connectivity index (χ3v) is 4.78. The number of hydrogen-bond donors (Lipinski definition) is 1. The standard InChI is InChI=1S/C20H19N5S/c1-15(18-12-21-25(14-18)13-16-8-4-2-5-9-16)22-20-23-19(24-26-20)17-10-6-3-7-11-17/h2-12,14-15H,13H2,1H3,(H,22,23,24). The molecule has 26 heavy (non-hydrogen) atoms. The van der Waals surface area contributed by atoms with Crippen molar-refractivity contribution in [2.75, 3.05) is 5.32 Å². The van der Waals surface area contributed by atoms with Crippen LogP contribution >= 0.6 is 11.5 Å². The first-order valence-electron chi connectivity index (χ1n) is 8.50. The van der Waals surface area contributed by atoms with Crippen LogP contribution in [-0.2, 0) is 6.54 Å². The van der Waals surface area contributed by atoms with Gasteiger partial charge in [-0.15, -0.1) is 0 Å². The Hall–Kier alpha value is -2.99. The molecule has 0 aliphatic rings. The van der Waals surface area contributed by atoms with Crippen molar-refractivity contribution in [2.45, 2.75) is 19.5 Å².